The number of ether oxygens (including phenoxy) is 1. The summed E-state index contributed by atoms with van der Waals surface area (Å²) < 4.78 is 5.88. The number of hydrogen-bond donors (Lipinski definition) is 1. The van der Waals surface area contributed by atoms with E-state index < -0.39 is 0 Å². The Kier molecular flexibility index (Phi) is 3.00. The molecule has 0 fully saturated rings. The summed E-state index contributed by atoms with van der Waals surface area (Å²) in [5.74, 6) is 0.916. The largest absolute Gasteiger partial charge is 0.490 e. The molecule has 2 rings (SSSR count). The molecule has 16 heavy (non-hydrogen) atoms. The van der Waals surface area contributed by atoms with Crippen molar-refractivity contribution in [2.75, 3.05) is 5.73 Å². The zero-order valence-electron chi connectivity index (χ0n) is 9.73. The normalized spacial score (nSPS) is 12.6. The van der Waals surface area contributed by atoms with E-state index in [4.69, 9.17) is 10.5 Å². The first-order valence-electron chi connectivity index (χ1n) is 5.66. The molecule has 0 heterocycles. The zero-order valence-corrected chi connectivity index (χ0v) is 9.73. The smallest absolute Gasteiger partial charge is 0.127 e. The minimum atomic E-state index is 0.229. The van der Waals surface area contributed by atoms with E-state index in [9.17, 15) is 0 Å². The molecule has 0 aliphatic rings. The fourth-order valence-corrected chi connectivity index (χ4v) is 1.71. The molecular formula is C14H17NO. The van der Waals surface area contributed by atoms with Crippen molar-refractivity contribution in [3.63, 3.8) is 0 Å². The third kappa shape index (κ3) is 1.96. The molecule has 2 N–H and O–H groups in total. The number of rotatable bonds is 3. The molecule has 2 nitrogen and oxygen atoms in total. The van der Waals surface area contributed by atoms with E-state index in [1.165, 1.54) is 0 Å². The van der Waals surface area contributed by atoms with Crippen molar-refractivity contribution in [3.05, 3.63) is 36.4 Å². The van der Waals surface area contributed by atoms with Gasteiger partial charge in [0.15, 0.2) is 0 Å². The lowest BCUT2D eigenvalue weighted by molar-refractivity contribution is 0.220. The van der Waals surface area contributed by atoms with Crippen molar-refractivity contribution in [1.29, 1.82) is 0 Å². The van der Waals surface area contributed by atoms with Gasteiger partial charge in [-0.25, -0.2) is 0 Å². The average molecular weight is 215 g/mol. The number of nitrogen functional groups attached to an aromatic ring is 1. The van der Waals surface area contributed by atoms with Gasteiger partial charge >= 0.3 is 0 Å². The van der Waals surface area contributed by atoms with E-state index in [-0.39, 0.29) is 6.10 Å². The first-order valence-corrected chi connectivity index (χ1v) is 5.66. The van der Waals surface area contributed by atoms with Gasteiger partial charge in [-0.3, -0.25) is 0 Å². The quantitative estimate of drug-likeness (QED) is 0.794. The Bertz CT molecular complexity index is 493. The maximum absolute atomic E-state index is 5.93. The van der Waals surface area contributed by atoms with E-state index in [1.807, 2.05) is 36.4 Å². The van der Waals surface area contributed by atoms with Crippen LogP contribution in [0.1, 0.15) is 20.3 Å². The first-order chi connectivity index (χ1) is 7.72. The van der Waals surface area contributed by atoms with Crippen LogP contribution in [0.5, 0.6) is 5.75 Å². The Hall–Kier alpha value is -1.70. The minimum Gasteiger partial charge on any atom is -0.490 e. The van der Waals surface area contributed by atoms with Gasteiger partial charge in [-0.1, -0.05) is 31.2 Å². The molecule has 0 aromatic heterocycles. The number of benzene rings is 2. The Morgan fingerprint density at radius 2 is 1.81 bits per heavy atom. The van der Waals surface area contributed by atoms with Crippen molar-refractivity contribution >= 4 is 16.5 Å². The lowest BCUT2D eigenvalue weighted by Gasteiger charge is -2.15. The lowest BCUT2D eigenvalue weighted by atomic mass is 10.1. The van der Waals surface area contributed by atoms with Crippen LogP contribution in [0.15, 0.2) is 36.4 Å². The van der Waals surface area contributed by atoms with Crippen LogP contribution in [0, 0.1) is 0 Å². The van der Waals surface area contributed by atoms with Crippen molar-refractivity contribution in [2.45, 2.75) is 26.4 Å². The van der Waals surface area contributed by atoms with Crippen LogP contribution in [-0.4, -0.2) is 6.10 Å². The molecular weight excluding hydrogens is 198 g/mol. The van der Waals surface area contributed by atoms with Crippen LogP contribution in [0.4, 0.5) is 5.69 Å². The van der Waals surface area contributed by atoms with Crippen LogP contribution in [0.25, 0.3) is 10.8 Å². The summed E-state index contributed by atoms with van der Waals surface area (Å²) in [5, 5.41) is 2.14. The second-order valence-electron chi connectivity index (χ2n) is 4.04. The highest BCUT2D eigenvalue weighted by Crippen LogP contribution is 2.29. The van der Waals surface area contributed by atoms with E-state index in [0.717, 1.165) is 28.6 Å². The van der Waals surface area contributed by atoms with E-state index >= 15 is 0 Å². The monoisotopic (exact) mass is 215 g/mol. The molecule has 0 aliphatic heterocycles. The molecule has 0 bridgehead atoms. The van der Waals surface area contributed by atoms with Gasteiger partial charge in [0.05, 0.1) is 6.10 Å². The summed E-state index contributed by atoms with van der Waals surface area (Å²) in [6.45, 7) is 4.19. The first kappa shape index (κ1) is 10.8. The zero-order chi connectivity index (χ0) is 11.5. The molecule has 84 valence electrons. The van der Waals surface area contributed by atoms with Crippen molar-refractivity contribution in [1.82, 2.24) is 0 Å². The molecule has 2 heteroatoms. The number of fused-ring (bicyclic) bond motifs is 1. The Balaban J connectivity index is 2.50. The Morgan fingerprint density at radius 3 is 2.56 bits per heavy atom. The predicted octanol–water partition coefficient (Wildman–Crippen LogP) is 3.60. The molecule has 1 atom stereocenters. The number of nitrogens with two attached hydrogens (primary N) is 1. The molecule has 0 spiro atoms. The van der Waals surface area contributed by atoms with Gasteiger partial charge in [0.1, 0.15) is 5.75 Å². The highest BCUT2D eigenvalue weighted by atomic mass is 16.5. The predicted molar refractivity (Wildman–Crippen MR) is 68.7 cm³/mol. The van der Waals surface area contributed by atoms with Crippen molar-refractivity contribution in [3.8, 4) is 5.75 Å². The third-order valence-electron chi connectivity index (χ3n) is 2.82. The van der Waals surface area contributed by atoms with Crippen LogP contribution >= 0.6 is 0 Å². The van der Waals surface area contributed by atoms with E-state index in [1.54, 1.807) is 0 Å². The second-order valence-corrected chi connectivity index (χ2v) is 4.04. The maximum atomic E-state index is 5.93. The topological polar surface area (TPSA) is 35.2 Å². The third-order valence-corrected chi connectivity index (χ3v) is 2.82. The summed E-state index contributed by atoms with van der Waals surface area (Å²) >= 11 is 0. The van der Waals surface area contributed by atoms with Gasteiger partial charge < -0.3 is 10.5 Å². The van der Waals surface area contributed by atoms with Crippen LogP contribution in [0.2, 0.25) is 0 Å². The number of anilines is 1. The summed E-state index contributed by atoms with van der Waals surface area (Å²) in [6.07, 6.45) is 1.23. The van der Waals surface area contributed by atoms with Crippen LogP contribution < -0.4 is 10.5 Å². The fourth-order valence-electron chi connectivity index (χ4n) is 1.71. The number of hydrogen-bond acceptors (Lipinski definition) is 2. The average Bonchev–Trinajstić information content (AvgIpc) is 2.30. The molecule has 0 radical (unpaired) electrons. The van der Waals surface area contributed by atoms with Gasteiger partial charge in [0.25, 0.3) is 0 Å². The van der Waals surface area contributed by atoms with Gasteiger partial charge in [-0.15, -0.1) is 0 Å². The fraction of sp³-hybridized carbons (Fsp3) is 0.286. The van der Waals surface area contributed by atoms with Gasteiger partial charge in [-0.2, -0.15) is 0 Å². The molecule has 0 saturated carbocycles. The standard InChI is InChI=1S/C14H17NO/c1-3-10(2)16-14-9-5-6-11-12(14)7-4-8-13(11)15/h4-10H,3,15H2,1-2H3. The molecule has 1 unspecified atom stereocenters. The maximum Gasteiger partial charge on any atom is 0.127 e. The highest BCUT2D eigenvalue weighted by molar-refractivity contribution is 5.96. The van der Waals surface area contributed by atoms with Crippen LogP contribution in [0.3, 0.4) is 0 Å². The van der Waals surface area contributed by atoms with Gasteiger partial charge in [-0.05, 0) is 25.5 Å². The van der Waals surface area contributed by atoms with Gasteiger partial charge in [0, 0.05) is 16.5 Å². The Morgan fingerprint density at radius 1 is 1.12 bits per heavy atom. The molecule has 0 saturated heterocycles. The minimum absolute atomic E-state index is 0.229. The van der Waals surface area contributed by atoms with Crippen LogP contribution in [-0.2, 0) is 0 Å². The molecule has 2 aromatic rings. The second kappa shape index (κ2) is 4.44. The van der Waals surface area contributed by atoms with Crippen molar-refractivity contribution in [2.24, 2.45) is 0 Å². The SMILES string of the molecule is CCC(C)Oc1cccc2c(N)cccc12. The lowest BCUT2D eigenvalue weighted by Crippen LogP contribution is -2.09. The highest BCUT2D eigenvalue weighted by Gasteiger charge is 2.06. The van der Waals surface area contributed by atoms with E-state index in [0.29, 0.717) is 0 Å². The summed E-state index contributed by atoms with van der Waals surface area (Å²) in [4.78, 5) is 0. The molecule has 2 aromatic carbocycles. The summed E-state index contributed by atoms with van der Waals surface area (Å²) in [6, 6.07) is 11.9. The summed E-state index contributed by atoms with van der Waals surface area (Å²) in [7, 11) is 0. The molecule has 0 aliphatic carbocycles. The van der Waals surface area contributed by atoms with Crippen molar-refractivity contribution < 1.29 is 4.74 Å². The molecule has 0 amide bonds. The van der Waals surface area contributed by atoms with Gasteiger partial charge in [0.2, 0.25) is 0 Å². The summed E-state index contributed by atoms with van der Waals surface area (Å²) in [5.41, 5.74) is 6.73. The van der Waals surface area contributed by atoms with E-state index in [2.05, 4.69) is 13.8 Å². The Labute approximate surface area is 96.0 Å².